The van der Waals surface area contributed by atoms with Crippen LogP contribution >= 0.6 is 0 Å². The lowest BCUT2D eigenvalue weighted by Gasteiger charge is -2.37. The van der Waals surface area contributed by atoms with Crippen molar-refractivity contribution in [1.29, 1.82) is 0 Å². The van der Waals surface area contributed by atoms with Gasteiger partial charge in [-0.25, -0.2) is 4.79 Å². The third-order valence-electron chi connectivity index (χ3n) is 3.15. The molecular weight excluding hydrogens is 271 g/mol. The molecule has 0 aliphatic heterocycles. The summed E-state index contributed by atoms with van der Waals surface area (Å²) in [6.07, 6.45) is 2.45. The third kappa shape index (κ3) is 5.17. The first kappa shape index (κ1) is 17.7. The maximum Gasteiger partial charge on any atom is 0.435 e. The van der Waals surface area contributed by atoms with Crippen LogP contribution in [0.5, 0.6) is 0 Å². The number of aliphatic hydroxyl groups is 1. The fourth-order valence-corrected chi connectivity index (χ4v) is 1.17. The van der Waals surface area contributed by atoms with Gasteiger partial charge < -0.3 is 14.5 Å². The lowest BCUT2D eigenvalue weighted by Crippen LogP contribution is -2.49. The van der Waals surface area contributed by atoms with E-state index >= 15 is 0 Å². The summed E-state index contributed by atoms with van der Waals surface area (Å²) in [5.74, 6) is 0. The topological polar surface area (TPSA) is 73.6 Å². The summed E-state index contributed by atoms with van der Waals surface area (Å²) in [5, 5.41) is 13.9. The van der Waals surface area contributed by atoms with Gasteiger partial charge in [0.1, 0.15) is 5.60 Å². The molecule has 1 aromatic rings. The van der Waals surface area contributed by atoms with Crippen molar-refractivity contribution in [3.8, 4) is 0 Å². The smallest absolute Gasteiger partial charge is 0.435 e. The maximum atomic E-state index is 11.8. The molecule has 0 aliphatic rings. The Morgan fingerprint density at radius 3 is 2.29 bits per heavy atom. The molecule has 1 aromatic heterocycles. The molecule has 21 heavy (non-hydrogen) atoms. The summed E-state index contributed by atoms with van der Waals surface area (Å²) < 4.78 is 11.9. The Morgan fingerprint density at radius 2 is 1.81 bits per heavy atom. The van der Waals surface area contributed by atoms with Gasteiger partial charge in [0.2, 0.25) is 0 Å². The van der Waals surface area contributed by atoms with E-state index in [-0.39, 0.29) is 0 Å². The van der Waals surface area contributed by atoms with Crippen LogP contribution in [-0.4, -0.2) is 45.3 Å². The van der Waals surface area contributed by atoms with Gasteiger partial charge in [-0.2, -0.15) is 9.78 Å². The van der Waals surface area contributed by atoms with E-state index in [1.165, 1.54) is 19.9 Å². The zero-order valence-corrected chi connectivity index (χ0v) is 13.8. The van der Waals surface area contributed by atoms with Gasteiger partial charge >= 0.3 is 13.6 Å². The molecule has 117 valence electrons. The van der Waals surface area contributed by atoms with Gasteiger partial charge in [-0.3, -0.25) is 0 Å². The summed E-state index contributed by atoms with van der Waals surface area (Å²) in [7, 11) is 1.46. The second-order valence-electron chi connectivity index (χ2n) is 7.00. The Morgan fingerprint density at radius 1 is 1.24 bits per heavy atom. The molecule has 6 nitrogen and oxygen atoms in total. The Labute approximate surface area is 126 Å². The number of hydrogen-bond donors (Lipinski definition) is 1. The average Bonchev–Trinajstić information content (AvgIpc) is 2.71. The van der Waals surface area contributed by atoms with E-state index in [2.05, 4.69) is 5.10 Å². The Kier molecular flexibility index (Phi) is 4.90. The lowest BCUT2D eigenvalue weighted by atomic mass is 9.84. The molecule has 0 bridgehead atoms. The third-order valence-corrected chi connectivity index (χ3v) is 3.15. The normalized spacial score (nSPS) is 13.1. The van der Waals surface area contributed by atoms with Gasteiger partial charge in [0, 0.05) is 12.4 Å². The van der Waals surface area contributed by atoms with Crippen molar-refractivity contribution < 1.29 is 19.3 Å². The minimum absolute atomic E-state index is 0.552. The zero-order valence-electron chi connectivity index (χ0n) is 13.8. The van der Waals surface area contributed by atoms with Crippen LogP contribution in [0.15, 0.2) is 12.4 Å². The van der Waals surface area contributed by atoms with Crippen molar-refractivity contribution in [2.24, 2.45) is 0 Å². The summed E-state index contributed by atoms with van der Waals surface area (Å²) in [6.45, 7) is 12.3. The van der Waals surface area contributed by atoms with Gasteiger partial charge in [0.05, 0.1) is 11.2 Å². The highest BCUT2D eigenvalue weighted by Crippen LogP contribution is 2.24. The minimum atomic E-state index is -1.01. The number of hydrogen-bond acceptors (Lipinski definition) is 5. The standard InChI is InChI=1S/C14H24BN2O4/c1-12(2,3)20-11(18)17-9-10(8-16-17)15-21-14(6,7)13(4,5)19/h8-9,19H,1-7H3. The number of nitrogens with zero attached hydrogens (tertiary/aromatic N) is 2. The molecule has 0 saturated carbocycles. The SMILES string of the molecule is CC(C)(C)OC(=O)n1cc([B]OC(C)(C)C(C)(C)O)cn1. The molecule has 0 aliphatic carbocycles. The minimum Gasteiger partial charge on any atom is -0.442 e. The van der Waals surface area contributed by atoms with Crippen LogP contribution < -0.4 is 5.46 Å². The van der Waals surface area contributed by atoms with E-state index < -0.39 is 22.9 Å². The average molecular weight is 295 g/mol. The van der Waals surface area contributed by atoms with Gasteiger partial charge in [0.25, 0.3) is 0 Å². The molecule has 0 spiro atoms. The summed E-state index contributed by atoms with van der Waals surface area (Å²) in [4.78, 5) is 11.8. The van der Waals surface area contributed by atoms with E-state index in [1.54, 1.807) is 48.5 Å². The van der Waals surface area contributed by atoms with Crippen LogP contribution in [0.4, 0.5) is 4.79 Å². The number of carbonyl (C=O) groups excluding carboxylic acids is 1. The predicted molar refractivity (Wildman–Crippen MR) is 80.7 cm³/mol. The summed E-state index contributed by atoms with van der Waals surface area (Å²) in [5.41, 5.74) is -1.75. The van der Waals surface area contributed by atoms with Gasteiger partial charge in [-0.05, 0) is 53.9 Å². The van der Waals surface area contributed by atoms with Crippen molar-refractivity contribution in [3.05, 3.63) is 12.4 Å². The molecule has 1 N–H and O–H groups in total. The first-order valence-corrected chi connectivity index (χ1v) is 6.83. The van der Waals surface area contributed by atoms with Crippen LogP contribution in [0, 0.1) is 0 Å². The fraction of sp³-hybridized carbons (Fsp3) is 0.714. The van der Waals surface area contributed by atoms with Gasteiger partial charge in [-0.15, -0.1) is 0 Å². The van der Waals surface area contributed by atoms with Crippen LogP contribution in [0.25, 0.3) is 0 Å². The highest BCUT2D eigenvalue weighted by molar-refractivity contribution is 6.46. The lowest BCUT2D eigenvalue weighted by molar-refractivity contribution is -0.0893. The quantitative estimate of drug-likeness (QED) is 0.852. The summed E-state index contributed by atoms with van der Waals surface area (Å²) >= 11 is 0. The number of aromatic nitrogens is 2. The molecule has 0 atom stereocenters. The largest absolute Gasteiger partial charge is 0.442 e. The Hall–Kier alpha value is -1.34. The van der Waals surface area contributed by atoms with Crippen LogP contribution in [0.1, 0.15) is 48.5 Å². The van der Waals surface area contributed by atoms with Crippen molar-refractivity contribution in [2.45, 2.75) is 65.3 Å². The van der Waals surface area contributed by atoms with Crippen molar-refractivity contribution >= 4 is 19.0 Å². The van der Waals surface area contributed by atoms with Gasteiger partial charge in [0.15, 0.2) is 0 Å². The number of ether oxygens (including phenoxy) is 1. The first-order valence-electron chi connectivity index (χ1n) is 6.83. The molecule has 1 heterocycles. The van der Waals surface area contributed by atoms with Crippen molar-refractivity contribution in [1.82, 2.24) is 9.78 Å². The highest BCUT2D eigenvalue weighted by atomic mass is 16.6. The van der Waals surface area contributed by atoms with Crippen molar-refractivity contribution in [3.63, 3.8) is 0 Å². The molecule has 0 aromatic carbocycles. The van der Waals surface area contributed by atoms with Crippen LogP contribution in [-0.2, 0) is 9.39 Å². The predicted octanol–water partition coefficient (Wildman–Crippen LogP) is 1.48. The number of carbonyl (C=O) groups is 1. The van der Waals surface area contributed by atoms with E-state index in [1.807, 2.05) is 0 Å². The fourth-order valence-electron chi connectivity index (χ4n) is 1.17. The maximum absolute atomic E-state index is 11.8. The second-order valence-corrected chi connectivity index (χ2v) is 7.00. The number of rotatable bonds is 4. The Balaban J connectivity index is 2.67. The Bertz CT molecular complexity index is 498. The second kappa shape index (κ2) is 5.81. The first-order chi connectivity index (χ1) is 9.32. The van der Waals surface area contributed by atoms with Gasteiger partial charge in [-0.1, -0.05) is 0 Å². The van der Waals surface area contributed by atoms with Crippen LogP contribution in [0.3, 0.4) is 0 Å². The molecule has 0 amide bonds. The van der Waals surface area contributed by atoms with E-state index in [0.29, 0.717) is 5.46 Å². The molecular formula is C14H24BN2O4. The van der Waals surface area contributed by atoms with E-state index in [4.69, 9.17) is 9.39 Å². The molecule has 0 saturated heterocycles. The zero-order chi connectivity index (χ0) is 16.5. The molecule has 1 rings (SSSR count). The summed E-state index contributed by atoms with van der Waals surface area (Å²) in [6, 6.07) is 0. The highest BCUT2D eigenvalue weighted by Gasteiger charge is 2.35. The molecule has 0 unspecified atom stereocenters. The molecule has 7 heteroatoms. The van der Waals surface area contributed by atoms with Crippen LogP contribution in [0.2, 0.25) is 0 Å². The molecule has 0 fully saturated rings. The monoisotopic (exact) mass is 295 g/mol. The van der Waals surface area contributed by atoms with Crippen molar-refractivity contribution in [2.75, 3.05) is 0 Å². The molecule has 1 radical (unpaired) electrons. The van der Waals surface area contributed by atoms with E-state index in [0.717, 1.165) is 4.68 Å². The van der Waals surface area contributed by atoms with E-state index in [9.17, 15) is 9.90 Å².